The van der Waals surface area contributed by atoms with Crippen LogP contribution in [0.3, 0.4) is 0 Å². The highest BCUT2D eigenvalue weighted by atomic mass is 16.5. The Balaban J connectivity index is 1.31. The smallest absolute Gasteiger partial charge is 0.260 e. The summed E-state index contributed by atoms with van der Waals surface area (Å²) in [5.74, 6) is 0.780. The summed E-state index contributed by atoms with van der Waals surface area (Å²) in [6, 6.07) is 13.4. The van der Waals surface area contributed by atoms with Crippen LogP contribution in [0.1, 0.15) is 49.0 Å². The zero-order valence-corrected chi connectivity index (χ0v) is 18.1. The number of rotatable bonds is 5. The summed E-state index contributed by atoms with van der Waals surface area (Å²) in [4.78, 5) is 26.8. The second-order valence-corrected chi connectivity index (χ2v) is 9.08. The summed E-state index contributed by atoms with van der Waals surface area (Å²) in [6.45, 7) is 4.98. The minimum Gasteiger partial charge on any atom is -0.507 e. The van der Waals surface area contributed by atoms with Gasteiger partial charge in [0.05, 0.1) is 6.42 Å². The van der Waals surface area contributed by atoms with Crippen molar-refractivity contribution >= 4 is 11.7 Å². The first kappa shape index (κ1) is 21.2. The molecule has 2 aliphatic rings. The van der Waals surface area contributed by atoms with Gasteiger partial charge in [-0.3, -0.25) is 9.59 Å². The average molecular weight is 424 g/mol. The van der Waals surface area contributed by atoms with E-state index < -0.39 is 5.60 Å². The van der Waals surface area contributed by atoms with Crippen LogP contribution in [-0.4, -0.2) is 47.0 Å². The monoisotopic (exact) mass is 423 g/mol. The second kappa shape index (κ2) is 8.61. The molecule has 0 aliphatic carbocycles. The van der Waals surface area contributed by atoms with Gasteiger partial charge in [-0.25, -0.2) is 0 Å². The zero-order chi connectivity index (χ0) is 22.0. The number of hydrogen-bond acceptors (Lipinski definition) is 5. The molecule has 1 saturated heterocycles. The van der Waals surface area contributed by atoms with Gasteiger partial charge in [0.1, 0.15) is 28.4 Å². The summed E-state index contributed by atoms with van der Waals surface area (Å²) in [7, 11) is 0. The van der Waals surface area contributed by atoms with E-state index in [1.807, 2.05) is 24.8 Å². The molecular weight excluding hydrogens is 394 g/mol. The number of fused-ring (bicyclic) bond motifs is 1. The number of amides is 1. The lowest BCUT2D eigenvalue weighted by Crippen LogP contribution is -2.41. The minimum atomic E-state index is -0.644. The van der Waals surface area contributed by atoms with Gasteiger partial charge < -0.3 is 19.5 Å². The molecule has 6 heteroatoms. The van der Waals surface area contributed by atoms with Crippen LogP contribution in [0.2, 0.25) is 0 Å². The maximum atomic E-state index is 12.6. The highest BCUT2D eigenvalue weighted by Crippen LogP contribution is 2.41. The van der Waals surface area contributed by atoms with Gasteiger partial charge in [-0.15, -0.1) is 0 Å². The summed E-state index contributed by atoms with van der Waals surface area (Å²) < 4.78 is 11.5. The third-order valence-electron chi connectivity index (χ3n) is 6.00. The number of ketones is 1. The van der Waals surface area contributed by atoms with E-state index in [1.165, 1.54) is 11.6 Å². The van der Waals surface area contributed by atoms with Gasteiger partial charge in [0.15, 0.2) is 12.4 Å². The van der Waals surface area contributed by atoms with Gasteiger partial charge in [-0.1, -0.05) is 30.3 Å². The largest absolute Gasteiger partial charge is 0.507 e. The predicted molar refractivity (Wildman–Crippen MR) is 117 cm³/mol. The van der Waals surface area contributed by atoms with Gasteiger partial charge in [0, 0.05) is 25.2 Å². The second-order valence-electron chi connectivity index (χ2n) is 9.08. The fraction of sp³-hybridized carbons (Fsp3) is 0.440. The first-order valence-corrected chi connectivity index (χ1v) is 10.8. The molecule has 2 aromatic carbocycles. The number of phenols is 1. The Hall–Kier alpha value is -3.02. The quantitative estimate of drug-likeness (QED) is 0.787. The van der Waals surface area contributed by atoms with Gasteiger partial charge in [-0.05, 0) is 44.6 Å². The SMILES string of the molecule is CC1(C)CC(=O)c2c(O)cc(OCC(=O)N3CCC(Cc4ccccc4)CC3)cc2O1. The highest BCUT2D eigenvalue weighted by Gasteiger charge is 2.35. The van der Waals surface area contributed by atoms with E-state index in [2.05, 4.69) is 24.3 Å². The van der Waals surface area contributed by atoms with E-state index in [0.717, 1.165) is 32.4 Å². The Bertz CT molecular complexity index is 961. The molecular formula is C25H29NO5. The molecule has 0 spiro atoms. The van der Waals surface area contributed by atoms with Gasteiger partial charge >= 0.3 is 0 Å². The number of phenolic OH excluding ortho intramolecular Hbond substituents is 1. The number of piperidine rings is 1. The topological polar surface area (TPSA) is 76.1 Å². The summed E-state index contributed by atoms with van der Waals surface area (Å²) in [6.07, 6.45) is 3.20. The Morgan fingerprint density at radius 3 is 2.61 bits per heavy atom. The number of benzene rings is 2. The number of likely N-dealkylation sites (tertiary alicyclic amines) is 1. The molecule has 4 rings (SSSR count). The average Bonchev–Trinajstić information content (AvgIpc) is 2.72. The zero-order valence-electron chi connectivity index (χ0n) is 18.1. The van der Waals surface area contributed by atoms with Gasteiger partial charge in [-0.2, -0.15) is 0 Å². The van der Waals surface area contributed by atoms with Crippen molar-refractivity contribution in [1.82, 2.24) is 4.90 Å². The number of hydrogen-bond donors (Lipinski definition) is 1. The molecule has 2 heterocycles. The van der Waals surface area contributed by atoms with Crippen LogP contribution >= 0.6 is 0 Å². The maximum absolute atomic E-state index is 12.6. The van der Waals surface area contributed by atoms with Crippen LogP contribution in [-0.2, 0) is 11.2 Å². The Kier molecular flexibility index (Phi) is 5.90. The molecule has 31 heavy (non-hydrogen) atoms. The van der Waals surface area contributed by atoms with E-state index in [1.54, 1.807) is 6.07 Å². The molecule has 0 saturated carbocycles. The summed E-state index contributed by atoms with van der Waals surface area (Å²) in [5.41, 5.74) is 0.875. The predicted octanol–water partition coefficient (Wildman–Crippen LogP) is 4.00. The lowest BCUT2D eigenvalue weighted by Gasteiger charge is -2.32. The normalized spacial score (nSPS) is 18.3. The molecule has 1 N–H and O–H groups in total. The molecule has 0 atom stereocenters. The van der Waals surface area contributed by atoms with Crippen LogP contribution < -0.4 is 9.47 Å². The number of nitrogens with zero attached hydrogens (tertiary/aromatic N) is 1. The molecule has 0 unspecified atom stereocenters. The molecule has 2 aliphatic heterocycles. The molecule has 0 radical (unpaired) electrons. The van der Waals surface area contributed by atoms with Crippen molar-refractivity contribution in [1.29, 1.82) is 0 Å². The number of Topliss-reactive ketones (excluding diaryl/α,β-unsaturated/α-hetero) is 1. The van der Waals surface area contributed by atoms with Crippen molar-refractivity contribution in [2.24, 2.45) is 5.92 Å². The Labute approximate surface area is 182 Å². The van der Waals surface area contributed by atoms with Crippen LogP contribution in [0.4, 0.5) is 0 Å². The van der Waals surface area contributed by atoms with Crippen molar-refractivity contribution in [3.63, 3.8) is 0 Å². The van der Waals surface area contributed by atoms with E-state index in [-0.39, 0.29) is 36.0 Å². The van der Waals surface area contributed by atoms with E-state index >= 15 is 0 Å². The number of aromatic hydroxyl groups is 1. The number of ether oxygens (including phenoxy) is 2. The van der Waals surface area contributed by atoms with Crippen molar-refractivity contribution in [2.75, 3.05) is 19.7 Å². The van der Waals surface area contributed by atoms with Crippen molar-refractivity contribution in [2.45, 2.75) is 45.1 Å². The first-order valence-electron chi connectivity index (χ1n) is 10.8. The van der Waals surface area contributed by atoms with Crippen LogP contribution in [0.15, 0.2) is 42.5 Å². The van der Waals surface area contributed by atoms with Gasteiger partial charge in [0.25, 0.3) is 5.91 Å². The van der Waals surface area contributed by atoms with Crippen molar-refractivity contribution < 1.29 is 24.2 Å². The first-order chi connectivity index (χ1) is 14.8. The molecule has 0 aromatic heterocycles. The van der Waals surface area contributed by atoms with Crippen molar-refractivity contribution in [3.8, 4) is 17.2 Å². The third kappa shape index (κ3) is 5.01. The van der Waals surface area contributed by atoms with Crippen LogP contribution in [0.25, 0.3) is 0 Å². The van der Waals surface area contributed by atoms with E-state index in [9.17, 15) is 14.7 Å². The fourth-order valence-electron chi connectivity index (χ4n) is 4.40. The molecule has 6 nitrogen and oxygen atoms in total. The summed E-state index contributed by atoms with van der Waals surface area (Å²) in [5, 5.41) is 10.3. The molecule has 1 fully saturated rings. The fourth-order valence-corrected chi connectivity index (χ4v) is 4.40. The maximum Gasteiger partial charge on any atom is 0.260 e. The molecule has 164 valence electrons. The lowest BCUT2D eigenvalue weighted by atomic mass is 9.90. The van der Waals surface area contributed by atoms with E-state index in [0.29, 0.717) is 17.4 Å². The number of carbonyl (C=O) groups is 2. The lowest BCUT2D eigenvalue weighted by molar-refractivity contribution is -0.134. The molecule has 1 amide bonds. The molecule has 0 bridgehead atoms. The van der Waals surface area contributed by atoms with Crippen LogP contribution in [0.5, 0.6) is 17.2 Å². The van der Waals surface area contributed by atoms with Gasteiger partial charge in [0.2, 0.25) is 0 Å². The Morgan fingerprint density at radius 1 is 1.19 bits per heavy atom. The number of carbonyl (C=O) groups excluding carboxylic acids is 2. The highest BCUT2D eigenvalue weighted by molar-refractivity contribution is 6.03. The standard InChI is InChI=1S/C25H29NO5/c1-25(2)15-21(28)24-20(27)13-19(14-22(24)31-25)30-16-23(29)26-10-8-18(9-11-26)12-17-6-4-3-5-7-17/h3-7,13-14,18,27H,8-12,15-16H2,1-2H3. The van der Waals surface area contributed by atoms with Crippen molar-refractivity contribution in [3.05, 3.63) is 53.6 Å². The summed E-state index contributed by atoms with van der Waals surface area (Å²) >= 11 is 0. The minimum absolute atomic E-state index is 0.0762. The third-order valence-corrected chi connectivity index (χ3v) is 6.00. The van der Waals surface area contributed by atoms with E-state index in [4.69, 9.17) is 9.47 Å². The Morgan fingerprint density at radius 2 is 1.90 bits per heavy atom. The van der Waals surface area contributed by atoms with Crippen LogP contribution in [0, 0.1) is 5.92 Å². The molecule has 2 aromatic rings.